The number of hydrogen-bond acceptors (Lipinski definition) is 3. The molecule has 2 N–H and O–H groups in total. The zero-order valence-corrected chi connectivity index (χ0v) is 12.1. The van der Waals surface area contributed by atoms with Gasteiger partial charge in [0.2, 0.25) is 0 Å². The zero-order chi connectivity index (χ0) is 15.2. The standard InChI is InChI=1S/C16H20N2O3/c1-2-3-8-18(9-10-19)16(21)14-11-12-6-4-5-7-13(12)15(20)17-14/h4-7,11,19H,2-3,8-10H2,1H3,(H,17,20). The Kier molecular flexibility index (Phi) is 5.11. The third-order valence-corrected chi connectivity index (χ3v) is 3.42. The summed E-state index contributed by atoms with van der Waals surface area (Å²) in [6.45, 7) is 2.80. The van der Waals surface area contributed by atoms with Crippen molar-refractivity contribution in [3.8, 4) is 0 Å². The highest BCUT2D eigenvalue weighted by Crippen LogP contribution is 2.11. The first kappa shape index (κ1) is 15.3. The van der Waals surface area contributed by atoms with Crippen molar-refractivity contribution < 1.29 is 9.90 Å². The smallest absolute Gasteiger partial charge is 0.270 e. The van der Waals surface area contributed by atoms with Crippen LogP contribution in [0.25, 0.3) is 10.8 Å². The highest BCUT2D eigenvalue weighted by molar-refractivity contribution is 5.96. The molecule has 0 unspecified atom stereocenters. The Morgan fingerprint density at radius 3 is 2.76 bits per heavy atom. The summed E-state index contributed by atoms with van der Waals surface area (Å²) in [5, 5.41) is 10.4. The number of carbonyl (C=O) groups excluding carboxylic acids is 1. The van der Waals surface area contributed by atoms with Crippen molar-refractivity contribution in [2.75, 3.05) is 19.7 Å². The molecule has 0 aliphatic heterocycles. The molecule has 0 atom stereocenters. The normalized spacial score (nSPS) is 10.8. The number of benzene rings is 1. The molecular weight excluding hydrogens is 268 g/mol. The summed E-state index contributed by atoms with van der Waals surface area (Å²) in [7, 11) is 0. The molecule has 0 saturated heterocycles. The number of nitrogens with one attached hydrogen (secondary N) is 1. The van der Waals surface area contributed by atoms with Crippen molar-refractivity contribution in [1.82, 2.24) is 9.88 Å². The average Bonchev–Trinajstić information content (AvgIpc) is 2.50. The number of unbranched alkanes of at least 4 members (excludes halogenated alkanes) is 1. The van der Waals surface area contributed by atoms with E-state index in [1.165, 1.54) is 0 Å². The molecule has 1 aromatic carbocycles. The lowest BCUT2D eigenvalue weighted by molar-refractivity contribution is 0.0713. The fraction of sp³-hybridized carbons (Fsp3) is 0.375. The van der Waals surface area contributed by atoms with Gasteiger partial charge in [-0.2, -0.15) is 0 Å². The van der Waals surface area contributed by atoms with Crippen LogP contribution in [0.4, 0.5) is 0 Å². The fourth-order valence-corrected chi connectivity index (χ4v) is 2.28. The van der Waals surface area contributed by atoms with Gasteiger partial charge in [0.05, 0.1) is 6.61 Å². The predicted molar refractivity (Wildman–Crippen MR) is 82.5 cm³/mol. The zero-order valence-electron chi connectivity index (χ0n) is 12.1. The van der Waals surface area contributed by atoms with E-state index in [-0.39, 0.29) is 30.3 Å². The van der Waals surface area contributed by atoms with Gasteiger partial charge in [0.15, 0.2) is 0 Å². The van der Waals surface area contributed by atoms with E-state index in [1.807, 2.05) is 19.1 Å². The van der Waals surface area contributed by atoms with Crippen molar-refractivity contribution in [1.29, 1.82) is 0 Å². The van der Waals surface area contributed by atoms with E-state index in [0.717, 1.165) is 18.2 Å². The summed E-state index contributed by atoms with van der Waals surface area (Å²) in [4.78, 5) is 28.7. The van der Waals surface area contributed by atoms with Crippen LogP contribution in [0.15, 0.2) is 35.1 Å². The maximum Gasteiger partial charge on any atom is 0.270 e. The maximum atomic E-state index is 12.5. The predicted octanol–water partition coefficient (Wildman–Crippen LogP) is 1.76. The first-order chi connectivity index (χ1) is 10.2. The quantitative estimate of drug-likeness (QED) is 0.850. The highest BCUT2D eigenvalue weighted by Gasteiger charge is 2.16. The summed E-state index contributed by atoms with van der Waals surface area (Å²) in [6, 6.07) is 8.85. The summed E-state index contributed by atoms with van der Waals surface area (Å²) >= 11 is 0. The van der Waals surface area contributed by atoms with Crippen molar-refractivity contribution in [2.45, 2.75) is 19.8 Å². The van der Waals surface area contributed by atoms with Crippen LogP contribution in [-0.2, 0) is 0 Å². The van der Waals surface area contributed by atoms with Gasteiger partial charge in [-0.15, -0.1) is 0 Å². The molecular formula is C16H20N2O3. The number of hydrogen-bond donors (Lipinski definition) is 2. The lowest BCUT2D eigenvalue weighted by Crippen LogP contribution is -2.35. The van der Waals surface area contributed by atoms with E-state index in [9.17, 15) is 9.59 Å². The van der Waals surface area contributed by atoms with Gasteiger partial charge in [0, 0.05) is 18.5 Å². The third kappa shape index (κ3) is 3.49. The number of aromatic nitrogens is 1. The Bertz CT molecular complexity index is 679. The Morgan fingerprint density at radius 2 is 2.05 bits per heavy atom. The summed E-state index contributed by atoms with van der Waals surface area (Å²) in [6.07, 6.45) is 1.83. The largest absolute Gasteiger partial charge is 0.395 e. The molecule has 2 rings (SSSR count). The number of carbonyl (C=O) groups is 1. The Hall–Kier alpha value is -2.14. The minimum Gasteiger partial charge on any atom is -0.395 e. The van der Waals surface area contributed by atoms with E-state index in [0.29, 0.717) is 11.9 Å². The molecule has 21 heavy (non-hydrogen) atoms. The summed E-state index contributed by atoms with van der Waals surface area (Å²) < 4.78 is 0. The minimum absolute atomic E-state index is 0.0900. The molecule has 1 aromatic heterocycles. The second-order valence-electron chi connectivity index (χ2n) is 4.97. The van der Waals surface area contributed by atoms with Crippen LogP contribution in [0.3, 0.4) is 0 Å². The van der Waals surface area contributed by atoms with Gasteiger partial charge in [-0.25, -0.2) is 0 Å². The maximum absolute atomic E-state index is 12.5. The molecule has 0 saturated carbocycles. The van der Waals surface area contributed by atoms with Crippen LogP contribution < -0.4 is 5.56 Å². The highest BCUT2D eigenvalue weighted by atomic mass is 16.3. The van der Waals surface area contributed by atoms with Crippen molar-refractivity contribution >= 4 is 16.7 Å². The summed E-state index contributed by atoms with van der Waals surface area (Å²) in [5.41, 5.74) is -0.000793. The minimum atomic E-state index is -0.268. The number of rotatable bonds is 6. The van der Waals surface area contributed by atoms with E-state index in [4.69, 9.17) is 5.11 Å². The number of H-pyrrole nitrogens is 1. The van der Waals surface area contributed by atoms with Crippen molar-refractivity contribution in [2.24, 2.45) is 0 Å². The van der Waals surface area contributed by atoms with Gasteiger partial charge < -0.3 is 15.0 Å². The Morgan fingerprint density at radius 1 is 1.29 bits per heavy atom. The van der Waals surface area contributed by atoms with E-state index in [2.05, 4.69) is 4.98 Å². The molecule has 0 aliphatic rings. The molecule has 2 aromatic rings. The van der Waals surface area contributed by atoms with Gasteiger partial charge in [-0.3, -0.25) is 9.59 Å². The van der Waals surface area contributed by atoms with Crippen molar-refractivity contribution in [3.05, 3.63) is 46.4 Å². The first-order valence-electron chi connectivity index (χ1n) is 7.19. The molecule has 1 heterocycles. The molecule has 0 spiro atoms. The second kappa shape index (κ2) is 7.04. The van der Waals surface area contributed by atoms with Crippen LogP contribution in [-0.4, -0.2) is 40.6 Å². The van der Waals surface area contributed by atoms with Crippen LogP contribution in [0.5, 0.6) is 0 Å². The Labute approximate surface area is 123 Å². The molecule has 0 radical (unpaired) electrons. The lowest BCUT2D eigenvalue weighted by atomic mass is 10.1. The number of fused-ring (bicyclic) bond motifs is 1. The molecule has 0 fully saturated rings. The number of aliphatic hydroxyl groups is 1. The van der Waals surface area contributed by atoms with Gasteiger partial charge in [0.25, 0.3) is 11.5 Å². The molecule has 0 bridgehead atoms. The third-order valence-electron chi connectivity index (χ3n) is 3.42. The van der Waals surface area contributed by atoms with Crippen LogP contribution >= 0.6 is 0 Å². The monoisotopic (exact) mass is 288 g/mol. The first-order valence-corrected chi connectivity index (χ1v) is 7.19. The molecule has 5 nitrogen and oxygen atoms in total. The SMILES string of the molecule is CCCCN(CCO)C(=O)c1cc2ccccc2c(=O)[nH]1. The van der Waals surface area contributed by atoms with Gasteiger partial charge in [-0.1, -0.05) is 31.5 Å². The topological polar surface area (TPSA) is 73.4 Å². The average molecular weight is 288 g/mol. The number of aromatic amines is 1. The molecule has 112 valence electrons. The van der Waals surface area contributed by atoms with Crippen LogP contribution in [0.2, 0.25) is 0 Å². The lowest BCUT2D eigenvalue weighted by Gasteiger charge is -2.21. The van der Waals surface area contributed by atoms with Gasteiger partial charge >= 0.3 is 0 Å². The summed E-state index contributed by atoms with van der Waals surface area (Å²) in [5.74, 6) is -0.250. The molecule has 0 aliphatic carbocycles. The van der Waals surface area contributed by atoms with Gasteiger partial charge in [0.1, 0.15) is 5.69 Å². The Balaban J connectivity index is 2.35. The number of aliphatic hydroxyl groups excluding tert-OH is 1. The number of amides is 1. The number of nitrogens with zero attached hydrogens (tertiary/aromatic N) is 1. The second-order valence-corrected chi connectivity index (χ2v) is 4.97. The van der Waals surface area contributed by atoms with Crippen LogP contribution in [0, 0.1) is 0 Å². The van der Waals surface area contributed by atoms with E-state index >= 15 is 0 Å². The van der Waals surface area contributed by atoms with Crippen molar-refractivity contribution in [3.63, 3.8) is 0 Å². The molecule has 5 heteroatoms. The number of pyridine rings is 1. The van der Waals surface area contributed by atoms with Gasteiger partial charge in [-0.05, 0) is 23.9 Å². The van der Waals surface area contributed by atoms with E-state index < -0.39 is 0 Å². The van der Waals surface area contributed by atoms with Crippen LogP contribution in [0.1, 0.15) is 30.3 Å². The van der Waals surface area contributed by atoms with E-state index in [1.54, 1.807) is 23.1 Å². The molecule has 1 amide bonds. The fourth-order valence-electron chi connectivity index (χ4n) is 2.28.